The van der Waals surface area contributed by atoms with Crippen molar-refractivity contribution in [1.82, 2.24) is 9.21 Å². The highest BCUT2D eigenvalue weighted by molar-refractivity contribution is 7.89. The Morgan fingerprint density at radius 1 is 0.824 bits per heavy atom. The Balaban J connectivity index is 1.26. The summed E-state index contributed by atoms with van der Waals surface area (Å²) in [5.74, 6) is 0.593. The fraction of sp³-hybridized carbons (Fsp3) is 0.333. The maximum absolute atomic E-state index is 13.1. The van der Waals surface area contributed by atoms with Crippen LogP contribution in [0.3, 0.4) is 0 Å². The van der Waals surface area contributed by atoms with Crippen LogP contribution >= 0.6 is 0 Å². The number of rotatable bonds is 7. The van der Waals surface area contributed by atoms with Gasteiger partial charge in [0, 0.05) is 38.3 Å². The summed E-state index contributed by atoms with van der Waals surface area (Å²) in [5, 5.41) is 0. The molecule has 0 spiro atoms. The van der Waals surface area contributed by atoms with Crippen LogP contribution in [0.4, 0.5) is 0 Å². The van der Waals surface area contributed by atoms with E-state index >= 15 is 0 Å². The molecule has 178 valence electrons. The van der Waals surface area contributed by atoms with E-state index in [1.165, 1.54) is 15.4 Å². The number of hydrogen-bond donors (Lipinski definition) is 1. The average Bonchev–Trinajstić information content (AvgIpc) is 2.84. The molecule has 3 aromatic rings. The molecule has 2 heterocycles. The average molecular weight is 478 g/mol. The first-order valence-corrected chi connectivity index (χ1v) is 13.3. The highest BCUT2D eigenvalue weighted by Gasteiger charge is 2.36. The zero-order valence-corrected chi connectivity index (χ0v) is 20.0. The predicted molar refractivity (Wildman–Crippen MR) is 133 cm³/mol. The molecule has 0 saturated carbocycles. The summed E-state index contributed by atoms with van der Waals surface area (Å²) in [6.45, 7) is 2.48. The van der Waals surface area contributed by atoms with E-state index in [9.17, 15) is 8.42 Å². The van der Waals surface area contributed by atoms with Gasteiger partial charge in [-0.15, -0.1) is 0 Å². The number of nitrogens with two attached hydrogens (primary N) is 1. The number of hydrogen-bond acceptors (Lipinski definition) is 5. The molecule has 3 aromatic carbocycles. The highest BCUT2D eigenvalue weighted by atomic mass is 32.2. The number of sulfonamides is 1. The van der Waals surface area contributed by atoms with Crippen molar-refractivity contribution in [3.63, 3.8) is 0 Å². The van der Waals surface area contributed by atoms with Gasteiger partial charge in [-0.2, -0.15) is 4.31 Å². The lowest BCUT2D eigenvalue weighted by atomic mass is 9.94. The molecule has 6 nitrogen and oxygen atoms in total. The molecule has 0 aromatic heterocycles. The molecule has 2 aliphatic rings. The number of likely N-dealkylation sites (tertiary alicyclic amines) is 1. The molecular formula is C27H31N3O3S. The van der Waals surface area contributed by atoms with Gasteiger partial charge in [0.15, 0.2) is 0 Å². The minimum atomic E-state index is -3.54. The minimum Gasteiger partial charge on any atom is -0.488 e. The number of piperidine rings is 1. The Morgan fingerprint density at radius 2 is 1.41 bits per heavy atom. The molecule has 5 rings (SSSR count). The highest BCUT2D eigenvalue weighted by Crippen LogP contribution is 2.34. The van der Waals surface area contributed by atoms with Crippen LogP contribution in [-0.4, -0.2) is 55.9 Å². The maximum atomic E-state index is 13.1. The zero-order chi connectivity index (χ0) is 23.5. The second-order valence-corrected chi connectivity index (χ2v) is 11.1. The molecule has 0 aliphatic carbocycles. The summed E-state index contributed by atoms with van der Waals surface area (Å²) in [5.41, 5.74) is 8.44. The first-order chi connectivity index (χ1) is 16.5. The van der Waals surface area contributed by atoms with Crippen molar-refractivity contribution in [2.45, 2.75) is 35.9 Å². The fourth-order valence-corrected chi connectivity index (χ4v) is 6.31. The Bertz CT molecular complexity index is 1150. The third-order valence-corrected chi connectivity index (χ3v) is 8.61. The summed E-state index contributed by atoms with van der Waals surface area (Å²) in [7, 11) is -3.54. The Labute approximate surface area is 202 Å². The summed E-state index contributed by atoms with van der Waals surface area (Å²) in [6.07, 6.45) is 1.40. The van der Waals surface area contributed by atoms with Gasteiger partial charge >= 0.3 is 0 Å². The van der Waals surface area contributed by atoms with Crippen molar-refractivity contribution in [2.24, 2.45) is 5.73 Å². The molecular weight excluding hydrogens is 446 g/mol. The van der Waals surface area contributed by atoms with Crippen molar-refractivity contribution in [3.05, 3.63) is 96.1 Å². The number of benzene rings is 3. The molecule has 0 bridgehead atoms. The van der Waals surface area contributed by atoms with Crippen molar-refractivity contribution in [2.75, 3.05) is 26.2 Å². The van der Waals surface area contributed by atoms with Crippen LogP contribution < -0.4 is 10.5 Å². The van der Waals surface area contributed by atoms with Crippen molar-refractivity contribution in [1.29, 1.82) is 0 Å². The second kappa shape index (κ2) is 9.88. The van der Waals surface area contributed by atoms with Gasteiger partial charge in [0.2, 0.25) is 10.0 Å². The van der Waals surface area contributed by atoms with Gasteiger partial charge in [-0.3, -0.25) is 4.90 Å². The maximum Gasteiger partial charge on any atom is 0.243 e. The fourth-order valence-electron chi connectivity index (χ4n) is 4.81. The molecule has 2 aliphatic heterocycles. The molecule has 0 atom stereocenters. The van der Waals surface area contributed by atoms with Crippen LogP contribution in [0.1, 0.15) is 30.0 Å². The summed E-state index contributed by atoms with van der Waals surface area (Å²) in [6, 6.07) is 28.1. The molecule has 0 amide bonds. The van der Waals surface area contributed by atoms with E-state index in [-0.39, 0.29) is 23.1 Å². The first kappa shape index (κ1) is 23.1. The van der Waals surface area contributed by atoms with Crippen LogP contribution in [0.5, 0.6) is 5.75 Å². The minimum absolute atomic E-state index is 0.0147. The molecule has 0 radical (unpaired) electrons. The van der Waals surface area contributed by atoms with Crippen LogP contribution in [0.2, 0.25) is 0 Å². The SMILES string of the molecule is NC1CCN(S(=O)(=O)c2cccc(OC3CN(C(c4ccccc4)c4ccccc4)C3)c2)CC1. The lowest BCUT2D eigenvalue weighted by Crippen LogP contribution is -2.55. The first-order valence-electron chi connectivity index (χ1n) is 11.9. The van der Waals surface area contributed by atoms with E-state index < -0.39 is 10.0 Å². The van der Waals surface area contributed by atoms with Gasteiger partial charge in [0.1, 0.15) is 11.9 Å². The molecule has 34 heavy (non-hydrogen) atoms. The van der Waals surface area contributed by atoms with E-state index in [1.54, 1.807) is 18.2 Å². The third kappa shape index (κ3) is 4.88. The van der Waals surface area contributed by atoms with E-state index in [1.807, 2.05) is 18.2 Å². The van der Waals surface area contributed by atoms with Gasteiger partial charge in [-0.25, -0.2) is 8.42 Å². The lowest BCUT2D eigenvalue weighted by molar-refractivity contribution is 0.000164. The third-order valence-electron chi connectivity index (χ3n) is 6.72. The molecule has 2 fully saturated rings. The Kier molecular flexibility index (Phi) is 6.70. The predicted octanol–water partition coefficient (Wildman–Crippen LogP) is 3.65. The van der Waals surface area contributed by atoms with E-state index in [2.05, 4.69) is 53.4 Å². The number of nitrogens with zero attached hydrogens (tertiary/aromatic N) is 2. The summed E-state index contributed by atoms with van der Waals surface area (Å²) >= 11 is 0. The van der Waals surface area contributed by atoms with Gasteiger partial charge in [-0.05, 0) is 36.1 Å². The van der Waals surface area contributed by atoms with Gasteiger partial charge in [-0.1, -0.05) is 66.7 Å². The van der Waals surface area contributed by atoms with E-state index in [4.69, 9.17) is 10.5 Å². The second-order valence-electron chi connectivity index (χ2n) is 9.13. The normalized spacial score (nSPS) is 18.6. The van der Waals surface area contributed by atoms with Crippen LogP contribution in [0, 0.1) is 0 Å². The monoisotopic (exact) mass is 477 g/mol. The van der Waals surface area contributed by atoms with Crippen molar-refractivity contribution in [3.8, 4) is 5.75 Å². The van der Waals surface area contributed by atoms with E-state index in [0.717, 1.165) is 13.1 Å². The topological polar surface area (TPSA) is 75.9 Å². The smallest absolute Gasteiger partial charge is 0.243 e. The van der Waals surface area contributed by atoms with Gasteiger partial charge in [0.25, 0.3) is 0 Å². The summed E-state index contributed by atoms with van der Waals surface area (Å²) < 4.78 is 33.9. The van der Waals surface area contributed by atoms with Crippen molar-refractivity contribution >= 4 is 10.0 Å². The quantitative estimate of drug-likeness (QED) is 0.562. The molecule has 2 N–H and O–H groups in total. The molecule has 2 saturated heterocycles. The van der Waals surface area contributed by atoms with Gasteiger partial charge in [0.05, 0.1) is 10.9 Å². The molecule has 7 heteroatoms. The lowest BCUT2D eigenvalue weighted by Gasteiger charge is -2.44. The Morgan fingerprint density at radius 3 is 2.00 bits per heavy atom. The molecule has 0 unspecified atom stereocenters. The zero-order valence-electron chi connectivity index (χ0n) is 19.2. The standard InChI is InChI=1S/C27H31N3O3S/c28-23-14-16-30(17-15-23)34(31,32)26-13-7-12-24(18-26)33-25-19-29(20-25)27(21-8-3-1-4-9-21)22-10-5-2-6-11-22/h1-13,18,23,25,27H,14-17,19-20,28H2. The van der Waals surface area contributed by atoms with Crippen LogP contribution in [0.25, 0.3) is 0 Å². The largest absolute Gasteiger partial charge is 0.488 e. The van der Waals surface area contributed by atoms with Crippen LogP contribution in [-0.2, 0) is 10.0 Å². The van der Waals surface area contributed by atoms with Crippen LogP contribution in [0.15, 0.2) is 89.8 Å². The van der Waals surface area contributed by atoms with Gasteiger partial charge < -0.3 is 10.5 Å². The Hall–Kier alpha value is -2.71. The summed E-state index contributed by atoms with van der Waals surface area (Å²) in [4.78, 5) is 2.68. The van der Waals surface area contributed by atoms with Crippen molar-refractivity contribution < 1.29 is 13.2 Å². The number of ether oxygens (including phenoxy) is 1. The van der Waals surface area contributed by atoms with E-state index in [0.29, 0.717) is 31.7 Å².